The van der Waals surface area contributed by atoms with E-state index >= 15 is 0 Å². The Morgan fingerprint density at radius 2 is 1.77 bits per heavy atom. The number of aryl methyl sites for hydroxylation is 2. The number of benzene rings is 2. The molecule has 3 rings (SSSR count). The Hall–Kier alpha value is -3.07. The fourth-order valence-electron chi connectivity index (χ4n) is 5.32. The van der Waals surface area contributed by atoms with Crippen molar-refractivity contribution >= 4 is 27.5 Å². The highest BCUT2D eigenvalue weighted by molar-refractivity contribution is 7.92. The highest BCUT2D eigenvalue weighted by atomic mass is 32.2. The van der Waals surface area contributed by atoms with Gasteiger partial charge in [0.25, 0.3) is 0 Å². The number of carbonyl (C=O) groups excluding carboxylic acids is 2. The fraction of sp³-hybridized carbons (Fsp3) is 0.548. The van der Waals surface area contributed by atoms with Crippen LogP contribution in [0.5, 0.6) is 5.75 Å². The van der Waals surface area contributed by atoms with Gasteiger partial charge in [0, 0.05) is 25.6 Å². The first-order chi connectivity index (χ1) is 19.0. The zero-order valence-electron chi connectivity index (χ0n) is 24.6. The van der Waals surface area contributed by atoms with Crippen molar-refractivity contribution < 1.29 is 22.7 Å². The third-order valence-electron chi connectivity index (χ3n) is 7.76. The van der Waals surface area contributed by atoms with Gasteiger partial charge in [-0.2, -0.15) is 0 Å². The third-order valence-corrected chi connectivity index (χ3v) is 8.95. The van der Waals surface area contributed by atoms with E-state index in [1.165, 1.54) is 17.0 Å². The van der Waals surface area contributed by atoms with E-state index in [9.17, 15) is 18.0 Å². The molecule has 8 nitrogen and oxygen atoms in total. The van der Waals surface area contributed by atoms with Crippen LogP contribution in [0.25, 0.3) is 0 Å². The normalized spacial score (nSPS) is 14.8. The zero-order valence-corrected chi connectivity index (χ0v) is 25.4. The maximum Gasteiger partial charge on any atom is 0.243 e. The molecule has 1 N–H and O–H groups in total. The van der Waals surface area contributed by atoms with E-state index in [-0.39, 0.29) is 37.4 Å². The number of methoxy groups -OCH3 is 1. The molecular weight excluding hydrogens is 526 g/mol. The number of carbonyl (C=O) groups is 2. The minimum absolute atomic E-state index is 0.119. The highest BCUT2D eigenvalue weighted by Crippen LogP contribution is 2.24. The van der Waals surface area contributed by atoms with E-state index in [1.807, 2.05) is 57.2 Å². The van der Waals surface area contributed by atoms with Crippen LogP contribution < -0.4 is 14.4 Å². The lowest BCUT2D eigenvalue weighted by atomic mass is 9.95. The Kier molecular flexibility index (Phi) is 11.4. The van der Waals surface area contributed by atoms with Crippen molar-refractivity contribution in [2.24, 2.45) is 0 Å². The minimum Gasteiger partial charge on any atom is -0.497 e. The summed E-state index contributed by atoms with van der Waals surface area (Å²) in [5.74, 6) is 0.377. The van der Waals surface area contributed by atoms with Crippen LogP contribution >= 0.6 is 0 Å². The van der Waals surface area contributed by atoms with Gasteiger partial charge in [-0.05, 0) is 80.5 Å². The van der Waals surface area contributed by atoms with Gasteiger partial charge >= 0.3 is 0 Å². The van der Waals surface area contributed by atoms with Crippen molar-refractivity contribution in [1.29, 1.82) is 0 Å². The van der Waals surface area contributed by atoms with Crippen LogP contribution in [0.3, 0.4) is 0 Å². The van der Waals surface area contributed by atoms with Crippen molar-refractivity contribution in [3.63, 3.8) is 0 Å². The number of hydrogen-bond donors (Lipinski definition) is 1. The standard InChI is InChI=1S/C31H45N3O5S/c1-6-29(31(36)32-26-13-8-7-9-14-26)33(22-25-12-10-15-28(21-25)39-4)30(35)16-11-19-34(40(5,37)38)27-18-17-23(2)24(3)20-27/h10,12,15,17-18,20-21,26,29H,6-9,11,13-14,16,19,22H2,1-5H3,(H,32,36)/t29-/m0/s1. The van der Waals surface area contributed by atoms with E-state index in [1.54, 1.807) is 18.1 Å². The Balaban J connectivity index is 1.78. The molecule has 2 aromatic rings. The first-order valence-electron chi connectivity index (χ1n) is 14.3. The quantitative estimate of drug-likeness (QED) is 0.360. The summed E-state index contributed by atoms with van der Waals surface area (Å²) in [4.78, 5) is 28.8. The molecule has 0 heterocycles. The SMILES string of the molecule is CC[C@@H](C(=O)NC1CCCCC1)N(Cc1cccc(OC)c1)C(=O)CCCN(c1ccc(C)c(C)c1)S(C)(=O)=O. The van der Waals surface area contributed by atoms with Gasteiger partial charge in [0.15, 0.2) is 0 Å². The first kappa shape index (κ1) is 31.5. The molecule has 0 aromatic heterocycles. The van der Waals surface area contributed by atoms with E-state index in [0.717, 1.165) is 42.4 Å². The van der Waals surface area contributed by atoms with Crippen LogP contribution in [0.15, 0.2) is 42.5 Å². The smallest absolute Gasteiger partial charge is 0.243 e. The molecule has 1 fully saturated rings. The second-order valence-corrected chi connectivity index (χ2v) is 12.8. The third kappa shape index (κ3) is 8.71. The Morgan fingerprint density at radius 1 is 1.05 bits per heavy atom. The molecular formula is C31H45N3O5S. The highest BCUT2D eigenvalue weighted by Gasteiger charge is 2.30. The summed E-state index contributed by atoms with van der Waals surface area (Å²) < 4.78 is 32.0. The van der Waals surface area contributed by atoms with Gasteiger partial charge in [-0.1, -0.05) is 44.4 Å². The van der Waals surface area contributed by atoms with Gasteiger partial charge in [-0.25, -0.2) is 8.42 Å². The van der Waals surface area contributed by atoms with Crippen molar-refractivity contribution in [3.8, 4) is 5.75 Å². The van der Waals surface area contributed by atoms with Crippen LogP contribution in [0, 0.1) is 13.8 Å². The molecule has 1 saturated carbocycles. The number of amides is 2. The van der Waals surface area contributed by atoms with Gasteiger partial charge in [-0.3, -0.25) is 13.9 Å². The van der Waals surface area contributed by atoms with Crippen LogP contribution in [-0.4, -0.2) is 57.1 Å². The molecule has 1 aliphatic rings. The largest absolute Gasteiger partial charge is 0.497 e. The van der Waals surface area contributed by atoms with E-state index in [2.05, 4.69) is 5.32 Å². The second kappa shape index (κ2) is 14.5. The molecule has 1 atom stereocenters. The van der Waals surface area contributed by atoms with E-state index in [4.69, 9.17) is 4.74 Å². The Bertz CT molecular complexity index is 1260. The topological polar surface area (TPSA) is 96.0 Å². The number of rotatable bonds is 13. The summed E-state index contributed by atoms with van der Waals surface area (Å²) in [7, 11) is -1.95. The molecule has 0 aliphatic heterocycles. The van der Waals surface area contributed by atoms with Crippen molar-refractivity contribution in [3.05, 3.63) is 59.2 Å². The second-order valence-electron chi connectivity index (χ2n) is 10.8. The fourth-order valence-corrected chi connectivity index (χ4v) is 6.27. The summed E-state index contributed by atoms with van der Waals surface area (Å²) in [5.41, 5.74) is 3.54. The number of anilines is 1. The summed E-state index contributed by atoms with van der Waals surface area (Å²) >= 11 is 0. The number of nitrogens with one attached hydrogen (secondary N) is 1. The van der Waals surface area contributed by atoms with Crippen molar-refractivity contribution in [2.75, 3.05) is 24.2 Å². The molecule has 220 valence electrons. The Labute approximate surface area is 240 Å². The molecule has 0 spiro atoms. The predicted octanol–water partition coefficient (Wildman–Crippen LogP) is 5.11. The lowest BCUT2D eigenvalue weighted by Crippen LogP contribution is -2.51. The summed E-state index contributed by atoms with van der Waals surface area (Å²) in [6.45, 7) is 6.28. The Morgan fingerprint density at radius 3 is 2.40 bits per heavy atom. The summed E-state index contributed by atoms with van der Waals surface area (Å²) in [6.07, 6.45) is 7.43. The lowest BCUT2D eigenvalue weighted by molar-refractivity contribution is -0.141. The summed E-state index contributed by atoms with van der Waals surface area (Å²) in [5, 5.41) is 3.19. The van der Waals surface area contributed by atoms with Crippen molar-refractivity contribution in [2.45, 2.75) is 90.8 Å². The molecule has 0 unspecified atom stereocenters. The van der Waals surface area contributed by atoms with Crippen LogP contribution in [-0.2, 0) is 26.2 Å². The molecule has 0 bridgehead atoms. The van der Waals surface area contributed by atoms with Crippen LogP contribution in [0.4, 0.5) is 5.69 Å². The number of nitrogens with zero attached hydrogens (tertiary/aromatic N) is 2. The van der Waals surface area contributed by atoms with Crippen LogP contribution in [0.1, 0.15) is 75.0 Å². The average Bonchev–Trinajstić information content (AvgIpc) is 2.92. The van der Waals surface area contributed by atoms with Gasteiger partial charge < -0.3 is 15.0 Å². The molecule has 2 aromatic carbocycles. The molecule has 0 saturated heterocycles. The van der Waals surface area contributed by atoms with Gasteiger partial charge in [0.2, 0.25) is 21.8 Å². The van der Waals surface area contributed by atoms with Crippen LogP contribution in [0.2, 0.25) is 0 Å². The molecule has 1 aliphatic carbocycles. The maximum absolute atomic E-state index is 13.7. The van der Waals surface area contributed by atoms with Gasteiger partial charge in [0.05, 0.1) is 19.1 Å². The van der Waals surface area contributed by atoms with Gasteiger partial charge in [-0.15, -0.1) is 0 Å². The van der Waals surface area contributed by atoms with E-state index < -0.39 is 16.1 Å². The molecule has 0 radical (unpaired) electrons. The number of hydrogen-bond acceptors (Lipinski definition) is 5. The monoisotopic (exact) mass is 571 g/mol. The molecule has 9 heteroatoms. The number of sulfonamides is 1. The summed E-state index contributed by atoms with van der Waals surface area (Å²) in [6, 6.07) is 12.6. The van der Waals surface area contributed by atoms with Gasteiger partial charge in [0.1, 0.15) is 11.8 Å². The van der Waals surface area contributed by atoms with E-state index in [0.29, 0.717) is 24.3 Å². The van der Waals surface area contributed by atoms with Crippen molar-refractivity contribution in [1.82, 2.24) is 10.2 Å². The number of ether oxygens (including phenoxy) is 1. The zero-order chi connectivity index (χ0) is 29.3. The maximum atomic E-state index is 13.7. The lowest BCUT2D eigenvalue weighted by Gasteiger charge is -2.33. The predicted molar refractivity (Wildman–Crippen MR) is 160 cm³/mol. The minimum atomic E-state index is -3.54. The molecule has 40 heavy (non-hydrogen) atoms. The molecule has 2 amide bonds. The average molecular weight is 572 g/mol. The first-order valence-corrected chi connectivity index (χ1v) is 16.2.